The number of hydrogen-bond donors (Lipinski definition) is 1. The van der Waals surface area contributed by atoms with Gasteiger partial charge in [-0.2, -0.15) is 0 Å². The molecule has 0 bridgehead atoms. The Hall–Kier alpha value is -0.640. The van der Waals surface area contributed by atoms with Gasteiger partial charge in [0, 0.05) is 5.70 Å². The molecule has 1 aliphatic rings. The van der Waals surface area contributed by atoms with Gasteiger partial charge in [0.05, 0.1) is 0 Å². The van der Waals surface area contributed by atoms with E-state index in [2.05, 4.69) is 0 Å². The Kier molecular flexibility index (Phi) is 1.66. The van der Waals surface area contributed by atoms with Crippen LogP contribution >= 0.6 is 11.8 Å². The second kappa shape index (κ2) is 2.31. The molecule has 3 nitrogen and oxygen atoms in total. The normalized spacial score (nSPS) is 17.9. The molecule has 0 saturated carbocycles. The number of allylic oxidation sites excluding steroid dienone is 1. The van der Waals surface area contributed by atoms with Crippen molar-refractivity contribution in [2.45, 2.75) is 6.92 Å². The second-order valence-corrected chi connectivity index (χ2v) is 2.37. The minimum absolute atomic E-state index is 0.757. The van der Waals surface area contributed by atoms with Crippen LogP contribution in [0.4, 0.5) is 4.79 Å². The molecule has 0 unspecified atom stereocenters. The standard InChI is InChI=1S/C5H6NO2S/c1-4-2-9-3-6(4)5(7)8/h2-3H,1H3,(H,7,8). The molecule has 49 valence electrons. The molecule has 1 rings (SSSR count). The van der Waals surface area contributed by atoms with Crippen LogP contribution in [0.15, 0.2) is 11.1 Å². The average molecular weight is 144 g/mol. The van der Waals surface area contributed by atoms with Crippen molar-refractivity contribution < 1.29 is 9.90 Å². The Bertz CT molecular complexity index is 166. The first kappa shape index (κ1) is 6.48. The van der Waals surface area contributed by atoms with Crippen LogP contribution in [0, 0.1) is 5.88 Å². The number of nitrogens with zero attached hydrogens (tertiary/aromatic N) is 1. The number of hydrogen-bond acceptors (Lipinski definition) is 2. The third-order valence-corrected chi connectivity index (χ3v) is 1.80. The van der Waals surface area contributed by atoms with E-state index in [1.54, 1.807) is 18.2 Å². The summed E-state index contributed by atoms with van der Waals surface area (Å²) in [6.45, 7) is 1.75. The van der Waals surface area contributed by atoms with E-state index in [1.807, 2.05) is 0 Å². The summed E-state index contributed by atoms with van der Waals surface area (Å²) in [4.78, 5) is 11.4. The molecular weight excluding hydrogens is 138 g/mol. The van der Waals surface area contributed by atoms with E-state index >= 15 is 0 Å². The van der Waals surface area contributed by atoms with Crippen LogP contribution in [-0.4, -0.2) is 16.1 Å². The maximum Gasteiger partial charge on any atom is 0.412 e. The van der Waals surface area contributed by atoms with E-state index in [0.29, 0.717) is 0 Å². The van der Waals surface area contributed by atoms with Gasteiger partial charge < -0.3 is 5.11 Å². The fraction of sp³-hybridized carbons (Fsp3) is 0.200. The van der Waals surface area contributed by atoms with Gasteiger partial charge in [0.25, 0.3) is 0 Å². The first-order valence-corrected chi connectivity index (χ1v) is 3.34. The van der Waals surface area contributed by atoms with Gasteiger partial charge in [-0.05, 0) is 12.3 Å². The third kappa shape index (κ3) is 1.18. The maximum absolute atomic E-state index is 10.3. The predicted octanol–water partition coefficient (Wildman–Crippen LogP) is 1.69. The Morgan fingerprint density at radius 1 is 1.89 bits per heavy atom. The zero-order valence-corrected chi connectivity index (χ0v) is 5.68. The fourth-order valence-electron chi connectivity index (χ4n) is 0.526. The Morgan fingerprint density at radius 3 is 2.78 bits per heavy atom. The van der Waals surface area contributed by atoms with Crippen LogP contribution in [-0.2, 0) is 0 Å². The highest BCUT2D eigenvalue weighted by atomic mass is 32.2. The molecule has 0 fully saturated rings. The van der Waals surface area contributed by atoms with Crippen molar-refractivity contribution in [1.82, 2.24) is 4.90 Å². The molecule has 0 spiro atoms. The van der Waals surface area contributed by atoms with Crippen LogP contribution in [0.1, 0.15) is 6.92 Å². The lowest BCUT2D eigenvalue weighted by Crippen LogP contribution is -2.20. The van der Waals surface area contributed by atoms with Crippen molar-refractivity contribution in [3.63, 3.8) is 0 Å². The lowest BCUT2D eigenvalue weighted by Gasteiger charge is -2.09. The summed E-state index contributed by atoms with van der Waals surface area (Å²) in [7, 11) is 0. The summed E-state index contributed by atoms with van der Waals surface area (Å²) >= 11 is 1.38. The van der Waals surface area contributed by atoms with Crippen LogP contribution in [0.25, 0.3) is 0 Å². The van der Waals surface area contributed by atoms with Gasteiger partial charge in [0.15, 0.2) is 0 Å². The molecule has 0 atom stereocenters. The Balaban J connectivity index is 2.63. The SMILES string of the molecule is CC1=CS[CH]N1C(=O)O. The van der Waals surface area contributed by atoms with Crippen LogP contribution in [0.2, 0.25) is 0 Å². The van der Waals surface area contributed by atoms with Gasteiger partial charge in [-0.1, -0.05) is 0 Å². The van der Waals surface area contributed by atoms with Crippen LogP contribution in [0.3, 0.4) is 0 Å². The Morgan fingerprint density at radius 2 is 2.56 bits per heavy atom. The number of carboxylic acid groups (broad SMARTS) is 1. The van der Waals surface area contributed by atoms with Crippen molar-refractivity contribution in [2.24, 2.45) is 0 Å². The third-order valence-electron chi connectivity index (χ3n) is 0.991. The second-order valence-electron chi connectivity index (χ2n) is 1.65. The zero-order valence-electron chi connectivity index (χ0n) is 4.87. The highest BCUT2D eigenvalue weighted by Crippen LogP contribution is 2.26. The van der Waals surface area contributed by atoms with Gasteiger partial charge in [0.1, 0.15) is 5.88 Å². The van der Waals surface area contributed by atoms with Crippen LogP contribution < -0.4 is 0 Å². The molecule has 9 heavy (non-hydrogen) atoms. The predicted molar refractivity (Wildman–Crippen MR) is 35.5 cm³/mol. The average Bonchev–Trinajstić information content (AvgIpc) is 2.13. The number of rotatable bonds is 0. The summed E-state index contributed by atoms with van der Waals surface area (Å²) in [5, 5.41) is 10.2. The zero-order chi connectivity index (χ0) is 6.85. The largest absolute Gasteiger partial charge is 0.465 e. The van der Waals surface area contributed by atoms with Gasteiger partial charge >= 0.3 is 6.09 Å². The maximum atomic E-state index is 10.3. The van der Waals surface area contributed by atoms with Crippen molar-refractivity contribution in [3.8, 4) is 0 Å². The lowest BCUT2D eigenvalue weighted by atomic mass is 10.5. The molecule has 4 heteroatoms. The van der Waals surface area contributed by atoms with Crippen molar-refractivity contribution in [2.75, 3.05) is 0 Å². The highest BCUT2D eigenvalue weighted by Gasteiger charge is 2.17. The molecule has 1 amide bonds. The summed E-state index contributed by atoms with van der Waals surface area (Å²) in [6, 6.07) is 0. The molecule has 0 aromatic rings. The van der Waals surface area contributed by atoms with E-state index < -0.39 is 6.09 Å². The fourth-order valence-corrected chi connectivity index (χ4v) is 1.28. The van der Waals surface area contributed by atoms with Gasteiger partial charge in [-0.15, -0.1) is 11.8 Å². The topological polar surface area (TPSA) is 40.5 Å². The van der Waals surface area contributed by atoms with Gasteiger partial charge in [0.2, 0.25) is 0 Å². The first-order valence-electron chi connectivity index (χ1n) is 2.39. The number of amides is 1. The molecule has 0 saturated heterocycles. The van der Waals surface area contributed by atoms with Crippen molar-refractivity contribution in [3.05, 3.63) is 17.0 Å². The molecule has 0 aromatic heterocycles. The quantitative estimate of drug-likeness (QED) is 0.562. The minimum Gasteiger partial charge on any atom is -0.465 e. The molecule has 1 aliphatic heterocycles. The van der Waals surface area contributed by atoms with E-state index in [0.717, 1.165) is 5.70 Å². The van der Waals surface area contributed by atoms with E-state index in [-0.39, 0.29) is 0 Å². The summed E-state index contributed by atoms with van der Waals surface area (Å²) < 4.78 is 0. The van der Waals surface area contributed by atoms with E-state index in [4.69, 9.17) is 5.11 Å². The highest BCUT2D eigenvalue weighted by molar-refractivity contribution is 8.04. The van der Waals surface area contributed by atoms with Gasteiger partial charge in [-0.25, -0.2) is 4.79 Å². The van der Waals surface area contributed by atoms with Gasteiger partial charge in [-0.3, -0.25) is 4.90 Å². The van der Waals surface area contributed by atoms with Crippen LogP contribution in [0.5, 0.6) is 0 Å². The number of carbonyl (C=O) groups is 1. The molecular formula is C5H6NO2S. The molecule has 1 heterocycles. The smallest absolute Gasteiger partial charge is 0.412 e. The van der Waals surface area contributed by atoms with Crippen molar-refractivity contribution in [1.29, 1.82) is 0 Å². The molecule has 0 aliphatic carbocycles. The first-order chi connectivity index (χ1) is 4.22. The molecule has 1 N–H and O–H groups in total. The summed E-state index contributed by atoms with van der Waals surface area (Å²) in [5.74, 6) is 1.55. The van der Waals surface area contributed by atoms with E-state index in [1.165, 1.54) is 16.7 Å². The Labute approximate surface area is 57.3 Å². The van der Waals surface area contributed by atoms with E-state index in [9.17, 15) is 4.79 Å². The monoisotopic (exact) mass is 144 g/mol. The van der Waals surface area contributed by atoms with Crippen molar-refractivity contribution >= 4 is 17.9 Å². The molecule has 1 radical (unpaired) electrons. The summed E-state index contributed by atoms with van der Waals surface area (Å²) in [6.07, 6.45) is -0.922. The number of thioether (sulfide) groups is 1. The molecule has 0 aromatic carbocycles. The lowest BCUT2D eigenvalue weighted by molar-refractivity contribution is 0.171. The minimum atomic E-state index is -0.922. The summed E-state index contributed by atoms with van der Waals surface area (Å²) in [5.41, 5.74) is 0.757.